The van der Waals surface area contributed by atoms with E-state index in [1.165, 1.54) is 36.4 Å². The van der Waals surface area contributed by atoms with E-state index in [1.807, 2.05) is 32.0 Å². The number of ether oxygens (including phenoxy) is 1. The van der Waals surface area contributed by atoms with Crippen molar-refractivity contribution in [2.75, 3.05) is 5.32 Å². The maximum atomic E-state index is 13.2. The maximum absolute atomic E-state index is 13.2. The number of nitrogens with zero attached hydrogens (tertiary/aromatic N) is 1. The van der Waals surface area contributed by atoms with Gasteiger partial charge in [-0.1, -0.05) is 36.0 Å². The molecule has 0 aromatic heterocycles. The fraction of sp³-hybridized carbons (Fsp3) is 0.154. The Hall–Kier alpha value is -3.96. The molecule has 1 N–H and O–H groups in total. The number of anilines is 1. The molecule has 0 radical (unpaired) electrons. The second-order valence-electron chi connectivity index (χ2n) is 8.43. The van der Waals surface area contributed by atoms with Crippen LogP contribution in [0.25, 0.3) is 6.08 Å². The van der Waals surface area contributed by atoms with Gasteiger partial charge in [0.25, 0.3) is 5.91 Å². The number of rotatable bonds is 6. The standard InChI is InChI=1S/C26H22N2O7S2/c1-15-5-4-6-16(2)20(15)14-37(33,34)19-8-9-21-24(13-19)36-25(26(30)27-21)12-18-7-10-23(35-17(3)29)22(11-18)28(31)32/h4-13H,14H2,1-3H3,(H,27,30)/b25-12+. The number of sulfone groups is 1. The molecular weight excluding hydrogens is 516 g/mol. The molecular formula is C26H22N2O7S2. The van der Waals surface area contributed by atoms with Crippen LogP contribution < -0.4 is 10.1 Å². The zero-order valence-electron chi connectivity index (χ0n) is 20.1. The third-order valence-corrected chi connectivity index (χ3v) is 8.44. The van der Waals surface area contributed by atoms with E-state index in [0.29, 0.717) is 16.1 Å². The summed E-state index contributed by atoms with van der Waals surface area (Å²) in [5.41, 5.74) is 2.91. The Morgan fingerprint density at radius 3 is 2.46 bits per heavy atom. The number of aryl methyl sites for hydroxylation is 2. The Labute approximate surface area is 217 Å². The second kappa shape index (κ2) is 10.2. The number of benzene rings is 3. The minimum absolute atomic E-state index is 0.123. The van der Waals surface area contributed by atoms with Gasteiger partial charge in [-0.15, -0.1) is 0 Å². The Kier molecular flexibility index (Phi) is 7.19. The van der Waals surface area contributed by atoms with Gasteiger partial charge >= 0.3 is 11.7 Å². The molecule has 3 aromatic rings. The van der Waals surface area contributed by atoms with Crippen molar-refractivity contribution < 1.29 is 27.7 Å². The van der Waals surface area contributed by atoms with E-state index >= 15 is 0 Å². The third kappa shape index (κ3) is 5.73. The molecule has 0 aliphatic carbocycles. The van der Waals surface area contributed by atoms with Gasteiger partial charge in [-0.2, -0.15) is 0 Å². The van der Waals surface area contributed by atoms with Crippen molar-refractivity contribution in [2.45, 2.75) is 36.3 Å². The van der Waals surface area contributed by atoms with Crippen LogP contribution in [0.15, 0.2) is 69.3 Å². The van der Waals surface area contributed by atoms with Crippen LogP contribution in [0.2, 0.25) is 0 Å². The van der Waals surface area contributed by atoms with Crippen molar-refractivity contribution in [3.05, 3.63) is 91.9 Å². The third-order valence-electron chi connectivity index (χ3n) is 5.71. The first kappa shape index (κ1) is 26.1. The van der Waals surface area contributed by atoms with Crippen LogP contribution >= 0.6 is 11.8 Å². The van der Waals surface area contributed by atoms with Crippen LogP contribution in [-0.2, 0) is 25.2 Å². The van der Waals surface area contributed by atoms with E-state index < -0.39 is 32.3 Å². The first-order chi connectivity index (χ1) is 17.4. The van der Waals surface area contributed by atoms with Crippen molar-refractivity contribution in [1.82, 2.24) is 0 Å². The van der Waals surface area contributed by atoms with E-state index in [0.717, 1.165) is 35.4 Å². The number of nitro groups is 1. The first-order valence-corrected chi connectivity index (χ1v) is 13.5. The summed E-state index contributed by atoms with van der Waals surface area (Å²) in [4.78, 5) is 35.5. The van der Waals surface area contributed by atoms with Gasteiger partial charge in [0.1, 0.15) is 0 Å². The van der Waals surface area contributed by atoms with Gasteiger partial charge in [-0.05, 0) is 66.4 Å². The SMILES string of the molecule is CC(=O)Oc1ccc(/C=C2/Sc3cc(S(=O)(=O)Cc4c(C)cccc4C)ccc3NC2=O)cc1[N+](=O)[O-]. The average molecular weight is 539 g/mol. The molecule has 0 bridgehead atoms. The molecule has 1 heterocycles. The molecule has 3 aromatic carbocycles. The molecule has 0 saturated carbocycles. The predicted molar refractivity (Wildman–Crippen MR) is 140 cm³/mol. The Balaban J connectivity index is 1.65. The number of esters is 1. The topological polar surface area (TPSA) is 133 Å². The minimum Gasteiger partial charge on any atom is -0.419 e. The van der Waals surface area contributed by atoms with Crippen molar-refractivity contribution in [3.8, 4) is 5.75 Å². The molecule has 0 fully saturated rings. The summed E-state index contributed by atoms with van der Waals surface area (Å²) in [5.74, 6) is -1.49. The summed E-state index contributed by atoms with van der Waals surface area (Å²) in [6.45, 7) is 4.88. The van der Waals surface area contributed by atoms with Gasteiger partial charge in [0.15, 0.2) is 9.84 Å². The number of nitro benzene ring substituents is 1. The van der Waals surface area contributed by atoms with Crippen molar-refractivity contribution in [2.24, 2.45) is 0 Å². The number of carbonyl (C=O) groups is 2. The second-order valence-corrected chi connectivity index (χ2v) is 11.5. The smallest absolute Gasteiger partial charge is 0.312 e. The lowest BCUT2D eigenvalue weighted by Crippen LogP contribution is -2.18. The van der Waals surface area contributed by atoms with Crippen LogP contribution in [-0.4, -0.2) is 25.2 Å². The largest absolute Gasteiger partial charge is 0.419 e. The quantitative estimate of drug-likeness (QED) is 0.149. The lowest BCUT2D eigenvalue weighted by molar-refractivity contribution is -0.385. The molecule has 0 unspecified atom stereocenters. The number of nitrogens with one attached hydrogen (secondary N) is 1. The lowest BCUT2D eigenvalue weighted by Gasteiger charge is -2.20. The van der Waals surface area contributed by atoms with Crippen LogP contribution in [0, 0.1) is 24.0 Å². The molecule has 0 spiro atoms. The van der Waals surface area contributed by atoms with Gasteiger partial charge in [0.05, 0.1) is 26.2 Å². The highest BCUT2D eigenvalue weighted by Crippen LogP contribution is 2.41. The zero-order chi connectivity index (χ0) is 26.9. The van der Waals surface area contributed by atoms with Gasteiger partial charge in [0.2, 0.25) is 5.75 Å². The van der Waals surface area contributed by atoms with E-state index in [4.69, 9.17) is 4.74 Å². The molecule has 11 heteroatoms. The molecule has 1 aliphatic rings. The molecule has 37 heavy (non-hydrogen) atoms. The minimum atomic E-state index is -3.67. The highest BCUT2D eigenvalue weighted by atomic mass is 32.2. The van der Waals surface area contributed by atoms with E-state index in [9.17, 15) is 28.1 Å². The van der Waals surface area contributed by atoms with Gasteiger partial charge in [-0.25, -0.2) is 8.42 Å². The normalized spacial score (nSPS) is 14.1. The van der Waals surface area contributed by atoms with Crippen molar-refractivity contribution >= 4 is 50.9 Å². The molecule has 0 saturated heterocycles. The number of carbonyl (C=O) groups excluding carboxylic acids is 2. The fourth-order valence-corrected chi connectivity index (χ4v) is 6.48. The molecule has 9 nitrogen and oxygen atoms in total. The summed E-state index contributed by atoms with van der Waals surface area (Å²) in [7, 11) is -3.67. The number of hydrogen-bond acceptors (Lipinski definition) is 8. The highest BCUT2D eigenvalue weighted by molar-refractivity contribution is 8.04. The monoisotopic (exact) mass is 538 g/mol. The predicted octanol–water partition coefficient (Wildman–Crippen LogP) is 5.20. The Morgan fingerprint density at radius 1 is 1.11 bits per heavy atom. The molecule has 0 atom stereocenters. The summed E-state index contributed by atoms with van der Waals surface area (Å²) >= 11 is 1.06. The summed E-state index contributed by atoms with van der Waals surface area (Å²) in [6, 6.07) is 14.1. The van der Waals surface area contributed by atoms with Gasteiger partial charge < -0.3 is 10.1 Å². The van der Waals surface area contributed by atoms with Crippen LogP contribution in [0.3, 0.4) is 0 Å². The van der Waals surface area contributed by atoms with Crippen molar-refractivity contribution in [3.63, 3.8) is 0 Å². The van der Waals surface area contributed by atoms with Crippen LogP contribution in [0.5, 0.6) is 5.75 Å². The van der Waals surface area contributed by atoms with E-state index in [2.05, 4.69) is 5.32 Å². The Bertz CT molecular complexity index is 1570. The van der Waals surface area contributed by atoms with Crippen LogP contribution in [0.4, 0.5) is 11.4 Å². The van der Waals surface area contributed by atoms with Gasteiger partial charge in [-0.3, -0.25) is 19.7 Å². The molecule has 1 aliphatic heterocycles. The number of fused-ring (bicyclic) bond motifs is 1. The summed E-state index contributed by atoms with van der Waals surface area (Å²) in [6.07, 6.45) is 1.45. The maximum Gasteiger partial charge on any atom is 0.312 e. The highest BCUT2D eigenvalue weighted by Gasteiger charge is 2.25. The van der Waals surface area contributed by atoms with E-state index in [1.54, 1.807) is 6.07 Å². The number of thioether (sulfide) groups is 1. The summed E-state index contributed by atoms with van der Waals surface area (Å²) in [5, 5.41) is 14.2. The number of amides is 1. The van der Waals surface area contributed by atoms with Gasteiger partial charge in [0, 0.05) is 17.9 Å². The molecule has 1 amide bonds. The molecule has 190 valence electrons. The first-order valence-electron chi connectivity index (χ1n) is 11.0. The zero-order valence-corrected chi connectivity index (χ0v) is 21.7. The van der Waals surface area contributed by atoms with Crippen LogP contribution in [0.1, 0.15) is 29.2 Å². The average Bonchev–Trinajstić information content (AvgIpc) is 2.82. The molecule has 4 rings (SSSR count). The number of hydrogen-bond donors (Lipinski definition) is 1. The Morgan fingerprint density at radius 2 is 1.81 bits per heavy atom. The fourth-order valence-electron chi connectivity index (χ4n) is 3.84. The lowest BCUT2D eigenvalue weighted by atomic mass is 10.1. The van der Waals surface area contributed by atoms with E-state index in [-0.39, 0.29) is 21.3 Å². The summed E-state index contributed by atoms with van der Waals surface area (Å²) < 4.78 is 31.3. The van der Waals surface area contributed by atoms with Crippen molar-refractivity contribution in [1.29, 1.82) is 0 Å².